The molecule has 0 spiro atoms. The van der Waals surface area contributed by atoms with Crippen molar-refractivity contribution in [2.45, 2.75) is 39.2 Å². The molecule has 176 valence electrons. The van der Waals surface area contributed by atoms with E-state index in [0.717, 1.165) is 16.6 Å². The van der Waals surface area contributed by atoms with Gasteiger partial charge < -0.3 is 10.1 Å². The van der Waals surface area contributed by atoms with Crippen LogP contribution in [0.25, 0.3) is 16.8 Å². The zero-order valence-electron chi connectivity index (χ0n) is 20.0. The molecule has 2 aromatic heterocycles. The number of aromatic nitrogens is 3. The number of Topliss-reactive ketones (excluding diaryl/α,β-unsaturated/α-hetero) is 1. The van der Waals surface area contributed by atoms with Gasteiger partial charge in [0.15, 0.2) is 0 Å². The number of aryl methyl sites for hydroxylation is 1. The highest BCUT2D eigenvalue weighted by Crippen LogP contribution is 2.42. The number of pyridine rings is 1. The van der Waals surface area contributed by atoms with Crippen molar-refractivity contribution in [1.29, 1.82) is 0 Å². The van der Waals surface area contributed by atoms with Gasteiger partial charge in [-0.3, -0.25) is 19.5 Å². The summed E-state index contributed by atoms with van der Waals surface area (Å²) in [6.45, 7) is 8.12. The molecule has 1 unspecified atom stereocenters. The fourth-order valence-corrected chi connectivity index (χ4v) is 4.45. The monoisotopic (exact) mass is 466 g/mol. The number of aliphatic hydroxyl groups excluding tert-OH is 1. The summed E-state index contributed by atoms with van der Waals surface area (Å²) in [6.07, 6.45) is 3.19. The van der Waals surface area contributed by atoms with Crippen LogP contribution in [0.3, 0.4) is 0 Å². The maximum Gasteiger partial charge on any atom is 0.302 e. The lowest BCUT2D eigenvalue weighted by molar-refractivity contribution is -0.132. The number of amides is 1. The molecule has 0 bridgehead atoms. The molecular weight excluding hydrogens is 440 g/mol. The Balaban J connectivity index is 1.74. The SMILES string of the molecule is Cc1ccc(C(C)(C)C)cc1/C(O)=C1\C(=O)C(=O)N(c2nc3ccccc3[nH]2)C1c1ccncc1. The highest BCUT2D eigenvalue weighted by molar-refractivity contribution is 6.51. The number of fused-ring (bicyclic) bond motifs is 1. The van der Waals surface area contributed by atoms with E-state index in [0.29, 0.717) is 16.6 Å². The maximum atomic E-state index is 13.4. The number of anilines is 1. The Kier molecular flexibility index (Phi) is 5.28. The minimum atomic E-state index is -0.865. The fourth-order valence-electron chi connectivity index (χ4n) is 4.45. The van der Waals surface area contributed by atoms with Crippen molar-refractivity contribution < 1.29 is 14.7 Å². The number of carbonyl (C=O) groups excluding carboxylic acids is 2. The molecule has 35 heavy (non-hydrogen) atoms. The third kappa shape index (κ3) is 3.79. The Bertz CT molecular complexity index is 1460. The Labute approximate surface area is 203 Å². The van der Waals surface area contributed by atoms with E-state index in [1.54, 1.807) is 24.5 Å². The fraction of sp³-hybridized carbons (Fsp3) is 0.214. The Morgan fingerprint density at radius 2 is 1.74 bits per heavy atom. The molecule has 1 aliphatic heterocycles. The molecule has 2 aromatic carbocycles. The molecular formula is C28H26N4O3. The van der Waals surface area contributed by atoms with Gasteiger partial charge in [-0.15, -0.1) is 0 Å². The number of ketones is 1. The topological polar surface area (TPSA) is 99.2 Å². The largest absolute Gasteiger partial charge is 0.507 e. The van der Waals surface area contributed by atoms with E-state index in [9.17, 15) is 14.7 Å². The van der Waals surface area contributed by atoms with Gasteiger partial charge in [-0.05, 0) is 59.4 Å². The van der Waals surface area contributed by atoms with Crippen LogP contribution in [0.1, 0.15) is 49.1 Å². The van der Waals surface area contributed by atoms with Crippen LogP contribution in [0.2, 0.25) is 0 Å². The first-order chi connectivity index (χ1) is 16.7. The second kappa shape index (κ2) is 8.20. The molecule has 3 heterocycles. The van der Waals surface area contributed by atoms with Gasteiger partial charge in [-0.1, -0.05) is 45.0 Å². The van der Waals surface area contributed by atoms with Crippen molar-refractivity contribution in [3.05, 3.63) is 94.8 Å². The number of rotatable bonds is 3. The smallest absolute Gasteiger partial charge is 0.302 e. The number of H-pyrrole nitrogens is 1. The number of nitrogens with zero attached hydrogens (tertiary/aromatic N) is 3. The Morgan fingerprint density at radius 1 is 1.03 bits per heavy atom. The van der Waals surface area contributed by atoms with Crippen molar-refractivity contribution in [2.75, 3.05) is 4.90 Å². The summed E-state index contributed by atoms with van der Waals surface area (Å²) in [6, 6.07) is 15.8. The molecule has 1 aliphatic rings. The molecule has 5 rings (SSSR count). The molecule has 1 atom stereocenters. The van der Waals surface area contributed by atoms with Crippen LogP contribution >= 0.6 is 0 Å². The third-order valence-corrected chi connectivity index (χ3v) is 6.43. The van der Waals surface area contributed by atoms with Crippen LogP contribution in [0.4, 0.5) is 5.95 Å². The van der Waals surface area contributed by atoms with Gasteiger partial charge in [0.05, 0.1) is 22.6 Å². The lowest BCUT2D eigenvalue weighted by Crippen LogP contribution is -2.30. The first kappa shape index (κ1) is 22.5. The highest BCUT2D eigenvalue weighted by Gasteiger charge is 2.48. The van der Waals surface area contributed by atoms with Crippen LogP contribution in [0.15, 0.2) is 72.6 Å². The van der Waals surface area contributed by atoms with Gasteiger partial charge in [0.1, 0.15) is 5.76 Å². The molecule has 7 nitrogen and oxygen atoms in total. The minimum absolute atomic E-state index is 0.0239. The van der Waals surface area contributed by atoms with E-state index in [2.05, 4.69) is 35.7 Å². The number of hydrogen-bond acceptors (Lipinski definition) is 5. The van der Waals surface area contributed by atoms with E-state index in [1.165, 1.54) is 4.90 Å². The van der Waals surface area contributed by atoms with E-state index in [1.807, 2.05) is 49.4 Å². The average molecular weight is 467 g/mol. The number of carbonyl (C=O) groups is 2. The number of imidazole rings is 1. The van der Waals surface area contributed by atoms with Crippen molar-refractivity contribution in [2.24, 2.45) is 0 Å². The number of aliphatic hydroxyl groups is 1. The third-order valence-electron chi connectivity index (χ3n) is 6.43. The Hall–Kier alpha value is -4.26. The number of benzene rings is 2. The van der Waals surface area contributed by atoms with Crippen LogP contribution in [-0.4, -0.2) is 31.7 Å². The summed E-state index contributed by atoms with van der Waals surface area (Å²) < 4.78 is 0. The normalized spacial score (nSPS) is 17.9. The zero-order valence-corrected chi connectivity index (χ0v) is 20.0. The van der Waals surface area contributed by atoms with E-state index >= 15 is 0 Å². The van der Waals surface area contributed by atoms with Gasteiger partial charge in [0, 0.05) is 18.0 Å². The molecule has 1 fully saturated rings. The first-order valence-electron chi connectivity index (χ1n) is 11.4. The van der Waals surface area contributed by atoms with Gasteiger partial charge in [0.25, 0.3) is 5.78 Å². The van der Waals surface area contributed by atoms with Crippen LogP contribution < -0.4 is 4.90 Å². The molecule has 0 aliphatic carbocycles. The second-order valence-corrected chi connectivity index (χ2v) is 9.81. The van der Waals surface area contributed by atoms with Gasteiger partial charge >= 0.3 is 5.91 Å². The Morgan fingerprint density at radius 3 is 2.43 bits per heavy atom. The molecule has 0 radical (unpaired) electrons. The summed E-state index contributed by atoms with van der Waals surface area (Å²) in [5, 5.41) is 11.5. The summed E-state index contributed by atoms with van der Waals surface area (Å²) in [5.74, 6) is -1.47. The van der Waals surface area contributed by atoms with Crippen LogP contribution in [0.5, 0.6) is 0 Å². The predicted octanol–water partition coefficient (Wildman–Crippen LogP) is 5.19. The molecule has 0 saturated carbocycles. The number of hydrogen-bond donors (Lipinski definition) is 2. The predicted molar refractivity (Wildman–Crippen MR) is 135 cm³/mol. The van der Waals surface area contributed by atoms with Crippen molar-refractivity contribution in [3.63, 3.8) is 0 Å². The summed E-state index contributed by atoms with van der Waals surface area (Å²) >= 11 is 0. The lowest BCUT2D eigenvalue weighted by Gasteiger charge is -2.24. The standard InChI is InChI=1S/C28H26N4O3/c1-16-9-10-18(28(2,3)4)15-19(16)24(33)22-23(17-11-13-29-14-12-17)32(26(35)25(22)34)27-30-20-7-5-6-8-21(20)31-27/h5-15,23,33H,1-4H3,(H,30,31)/b24-22+. The van der Waals surface area contributed by atoms with E-state index in [4.69, 9.17) is 0 Å². The molecule has 4 aromatic rings. The summed E-state index contributed by atoms with van der Waals surface area (Å²) in [7, 11) is 0. The average Bonchev–Trinajstić information content (AvgIpc) is 3.37. The quantitative estimate of drug-likeness (QED) is 0.246. The lowest BCUT2D eigenvalue weighted by atomic mass is 9.84. The summed E-state index contributed by atoms with van der Waals surface area (Å²) in [4.78, 5) is 39.9. The van der Waals surface area contributed by atoms with Crippen LogP contribution in [0, 0.1) is 6.92 Å². The number of nitrogens with one attached hydrogen (secondary N) is 1. The van der Waals surface area contributed by atoms with E-state index < -0.39 is 17.7 Å². The van der Waals surface area contributed by atoms with Crippen molar-refractivity contribution >= 4 is 34.4 Å². The zero-order chi connectivity index (χ0) is 24.9. The number of para-hydroxylation sites is 2. The van der Waals surface area contributed by atoms with Crippen molar-refractivity contribution in [1.82, 2.24) is 15.0 Å². The highest BCUT2D eigenvalue weighted by atomic mass is 16.3. The van der Waals surface area contributed by atoms with E-state index in [-0.39, 0.29) is 22.7 Å². The number of aromatic amines is 1. The molecule has 1 amide bonds. The second-order valence-electron chi connectivity index (χ2n) is 9.81. The van der Waals surface area contributed by atoms with Gasteiger partial charge in [-0.2, -0.15) is 0 Å². The van der Waals surface area contributed by atoms with Crippen molar-refractivity contribution in [3.8, 4) is 0 Å². The summed E-state index contributed by atoms with van der Waals surface area (Å²) in [5.41, 5.74) is 4.27. The molecule has 2 N–H and O–H groups in total. The van der Waals surface area contributed by atoms with Gasteiger partial charge in [0.2, 0.25) is 5.95 Å². The van der Waals surface area contributed by atoms with Crippen LogP contribution in [-0.2, 0) is 15.0 Å². The first-order valence-corrected chi connectivity index (χ1v) is 11.4. The molecule has 7 heteroatoms. The minimum Gasteiger partial charge on any atom is -0.507 e. The molecule has 1 saturated heterocycles. The van der Waals surface area contributed by atoms with Gasteiger partial charge in [-0.25, -0.2) is 4.98 Å². The maximum absolute atomic E-state index is 13.4.